The number of nitrogen functional groups attached to an aromatic ring is 1. The maximum Gasteiger partial charge on any atom is 0.425 e. The summed E-state index contributed by atoms with van der Waals surface area (Å²) in [5, 5.41) is 0. The van der Waals surface area contributed by atoms with E-state index in [0.717, 1.165) is 6.92 Å². The van der Waals surface area contributed by atoms with Crippen molar-refractivity contribution in [1.29, 1.82) is 0 Å². The van der Waals surface area contributed by atoms with E-state index in [1.54, 1.807) is 0 Å². The summed E-state index contributed by atoms with van der Waals surface area (Å²) in [6.07, 6.45) is -6.40. The van der Waals surface area contributed by atoms with Gasteiger partial charge in [0.15, 0.2) is 6.10 Å². The maximum absolute atomic E-state index is 12.5. The standard InChI is InChI=1S/C11H17F3N4O/c1-5(2)8-16-9(18-15)6(3)10(17-8)19-7(4)11(12,13)14/h5,7H,15H2,1-4H3,(H,16,17,18). The number of nitrogens with zero attached hydrogens (tertiary/aromatic N) is 2. The zero-order valence-electron chi connectivity index (χ0n) is 11.2. The van der Waals surface area contributed by atoms with Gasteiger partial charge >= 0.3 is 6.18 Å². The molecule has 0 aliphatic rings. The molecule has 1 aromatic heterocycles. The van der Waals surface area contributed by atoms with Crippen LogP contribution in [0.15, 0.2) is 0 Å². The lowest BCUT2D eigenvalue weighted by molar-refractivity contribution is -0.190. The highest BCUT2D eigenvalue weighted by molar-refractivity contribution is 5.47. The van der Waals surface area contributed by atoms with Crippen LogP contribution in [0.3, 0.4) is 0 Å². The number of hydrazine groups is 1. The van der Waals surface area contributed by atoms with Crippen LogP contribution in [-0.4, -0.2) is 22.2 Å². The largest absolute Gasteiger partial charge is 0.465 e. The van der Waals surface area contributed by atoms with Crippen molar-refractivity contribution in [3.8, 4) is 5.88 Å². The number of anilines is 1. The van der Waals surface area contributed by atoms with E-state index in [0.29, 0.717) is 11.4 Å². The predicted molar refractivity (Wildman–Crippen MR) is 64.8 cm³/mol. The van der Waals surface area contributed by atoms with Gasteiger partial charge in [0.2, 0.25) is 5.88 Å². The third kappa shape index (κ3) is 3.69. The highest BCUT2D eigenvalue weighted by atomic mass is 19.4. The second kappa shape index (κ2) is 5.60. The third-order valence-electron chi connectivity index (χ3n) is 2.52. The van der Waals surface area contributed by atoms with Gasteiger partial charge in [-0.15, -0.1) is 0 Å². The molecule has 0 aliphatic carbocycles. The van der Waals surface area contributed by atoms with Crippen molar-refractivity contribution >= 4 is 5.82 Å². The van der Waals surface area contributed by atoms with Gasteiger partial charge in [0, 0.05) is 5.92 Å². The quantitative estimate of drug-likeness (QED) is 0.654. The number of nitrogens with one attached hydrogen (secondary N) is 1. The molecule has 0 amide bonds. The summed E-state index contributed by atoms with van der Waals surface area (Å²) in [6.45, 7) is 6.10. The first-order chi connectivity index (χ1) is 8.66. The number of alkyl halides is 3. The van der Waals surface area contributed by atoms with Crippen molar-refractivity contribution < 1.29 is 17.9 Å². The van der Waals surface area contributed by atoms with Crippen molar-refractivity contribution in [3.63, 3.8) is 0 Å². The molecule has 0 fully saturated rings. The summed E-state index contributed by atoms with van der Waals surface area (Å²) in [4.78, 5) is 8.12. The minimum absolute atomic E-state index is 0.0590. The molecule has 1 atom stereocenters. The van der Waals surface area contributed by atoms with Gasteiger partial charge in [-0.1, -0.05) is 13.8 Å². The molecule has 1 rings (SSSR count). The summed E-state index contributed by atoms with van der Waals surface area (Å²) in [5.74, 6) is 5.73. The van der Waals surface area contributed by atoms with Crippen LogP contribution in [-0.2, 0) is 0 Å². The minimum Gasteiger partial charge on any atom is -0.465 e. The van der Waals surface area contributed by atoms with Crippen LogP contribution in [0.1, 0.15) is 38.1 Å². The summed E-state index contributed by atoms with van der Waals surface area (Å²) in [5.41, 5.74) is 2.67. The molecule has 1 unspecified atom stereocenters. The van der Waals surface area contributed by atoms with Crippen molar-refractivity contribution in [3.05, 3.63) is 11.4 Å². The molecule has 1 aromatic rings. The Balaban J connectivity index is 3.15. The first-order valence-electron chi connectivity index (χ1n) is 5.75. The van der Waals surface area contributed by atoms with E-state index >= 15 is 0 Å². The van der Waals surface area contributed by atoms with E-state index in [4.69, 9.17) is 10.6 Å². The van der Waals surface area contributed by atoms with Crippen LogP contribution in [0.25, 0.3) is 0 Å². The van der Waals surface area contributed by atoms with Gasteiger partial charge in [0.25, 0.3) is 0 Å². The molecule has 0 saturated heterocycles. The molecule has 5 nitrogen and oxygen atoms in total. The first-order valence-corrected chi connectivity index (χ1v) is 5.75. The molecule has 108 valence electrons. The van der Waals surface area contributed by atoms with Gasteiger partial charge in [0.05, 0.1) is 5.56 Å². The smallest absolute Gasteiger partial charge is 0.425 e. The molecule has 8 heteroatoms. The fourth-order valence-corrected chi connectivity index (χ4v) is 1.26. The maximum atomic E-state index is 12.5. The monoisotopic (exact) mass is 278 g/mol. The predicted octanol–water partition coefficient (Wildman–Crippen LogP) is 2.52. The average molecular weight is 278 g/mol. The van der Waals surface area contributed by atoms with Crippen molar-refractivity contribution in [2.24, 2.45) is 5.84 Å². The molecule has 0 saturated carbocycles. The normalized spacial score (nSPS) is 13.5. The third-order valence-corrected chi connectivity index (χ3v) is 2.52. The van der Waals surface area contributed by atoms with Crippen molar-refractivity contribution in [2.45, 2.75) is 45.9 Å². The van der Waals surface area contributed by atoms with E-state index in [-0.39, 0.29) is 17.6 Å². The fraction of sp³-hybridized carbons (Fsp3) is 0.636. The topological polar surface area (TPSA) is 73.1 Å². The number of hydrogen-bond acceptors (Lipinski definition) is 5. The number of hydrogen-bond donors (Lipinski definition) is 2. The second-order valence-corrected chi connectivity index (χ2v) is 4.46. The summed E-state index contributed by atoms with van der Waals surface area (Å²) in [7, 11) is 0. The molecular formula is C11H17F3N4O. The lowest BCUT2D eigenvalue weighted by Gasteiger charge is -2.20. The Kier molecular flexibility index (Phi) is 4.56. The van der Waals surface area contributed by atoms with Crippen molar-refractivity contribution in [1.82, 2.24) is 9.97 Å². The van der Waals surface area contributed by atoms with Crippen LogP contribution in [0.4, 0.5) is 19.0 Å². The Morgan fingerprint density at radius 3 is 2.21 bits per heavy atom. The Hall–Kier alpha value is -1.57. The highest BCUT2D eigenvalue weighted by Crippen LogP contribution is 2.29. The fourth-order valence-electron chi connectivity index (χ4n) is 1.26. The van der Waals surface area contributed by atoms with E-state index in [1.807, 2.05) is 13.8 Å². The number of halogens is 3. The average Bonchev–Trinajstić information content (AvgIpc) is 2.30. The van der Waals surface area contributed by atoms with E-state index in [2.05, 4.69) is 15.4 Å². The Bertz CT molecular complexity index is 448. The van der Waals surface area contributed by atoms with Gasteiger partial charge in [-0.3, -0.25) is 0 Å². The molecule has 1 heterocycles. The summed E-state index contributed by atoms with van der Waals surface area (Å²) >= 11 is 0. The van der Waals surface area contributed by atoms with Gasteiger partial charge < -0.3 is 10.2 Å². The highest BCUT2D eigenvalue weighted by Gasteiger charge is 2.38. The SMILES string of the molecule is Cc1c(NN)nc(C(C)C)nc1OC(C)C(F)(F)F. The number of aromatic nitrogens is 2. The van der Waals surface area contributed by atoms with Gasteiger partial charge in [0.1, 0.15) is 11.6 Å². The lowest BCUT2D eigenvalue weighted by Crippen LogP contribution is -2.32. The van der Waals surface area contributed by atoms with Crippen LogP contribution in [0, 0.1) is 6.92 Å². The van der Waals surface area contributed by atoms with Gasteiger partial charge in [-0.2, -0.15) is 18.2 Å². The molecule has 0 aromatic carbocycles. The van der Waals surface area contributed by atoms with E-state index in [9.17, 15) is 13.2 Å². The minimum atomic E-state index is -4.45. The number of rotatable bonds is 4. The number of ether oxygens (including phenoxy) is 1. The van der Waals surface area contributed by atoms with Gasteiger partial charge in [-0.25, -0.2) is 10.8 Å². The molecule has 0 bridgehead atoms. The van der Waals surface area contributed by atoms with E-state index < -0.39 is 12.3 Å². The summed E-state index contributed by atoms with van der Waals surface area (Å²) < 4.78 is 42.4. The molecule has 0 radical (unpaired) electrons. The number of nitrogens with two attached hydrogens (primary N) is 1. The zero-order chi connectivity index (χ0) is 14.8. The van der Waals surface area contributed by atoms with E-state index in [1.165, 1.54) is 6.92 Å². The molecular weight excluding hydrogens is 261 g/mol. The molecule has 19 heavy (non-hydrogen) atoms. The zero-order valence-corrected chi connectivity index (χ0v) is 11.2. The Labute approximate surface area is 109 Å². The Morgan fingerprint density at radius 1 is 1.21 bits per heavy atom. The van der Waals surface area contributed by atoms with Crippen molar-refractivity contribution in [2.75, 3.05) is 5.43 Å². The molecule has 3 N–H and O–H groups in total. The molecule has 0 spiro atoms. The second-order valence-electron chi connectivity index (χ2n) is 4.46. The molecule has 0 aliphatic heterocycles. The van der Waals surface area contributed by atoms with Gasteiger partial charge in [-0.05, 0) is 13.8 Å². The van der Waals surface area contributed by atoms with Crippen LogP contribution >= 0.6 is 0 Å². The Morgan fingerprint density at radius 2 is 1.79 bits per heavy atom. The lowest BCUT2D eigenvalue weighted by atomic mass is 10.2. The van der Waals surface area contributed by atoms with Crippen LogP contribution in [0.2, 0.25) is 0 Å². The summed E-state index contributed by atoms with van der Waals surface area (Å²) in [6, 6.07) is 0. The van der Waals surface area contributed by atoms with Crippen LogP contribution in [0.5, 0.6) is 5.88 Å². The van der Waals surface area contributed by atoms with Crippen LogP contribution < -0.4 is 16.0 Å². The first kappa shape index (κ1) is 15.5.